The molecule has 24 heavy (non-hydrogen) atoms. The number of hydrogen-bond donors (Lipinski definition) is 1. The Morgan fingerprint density at radius 2 is 1.54 bits per heavy atom. The first kappa shape index (κ1) is 13.4. The number of rotatable bonds is 0. The van der Waals surface area contributed by atoms with E-state index in [0.717, 1.165) is 64.9 Å². The van der Waals surface area contributed by atoms with Gasteiger partial charge >= 0.3 is 0 Å². The molecule has 0 aromatic rings. The number of aliphatic imine (C=N–C) groups is 3. The third kappa shape index (κ3) is 2.56. The predicted molar refractivity (Wildman–Crippen MR) is 98.0 cm³/mol. The van der Waals surface area contributed by atoms with E-state index in [0.29, 0.717) is 0 Å². The zero-order valence-electron chi connectivity index (χ0n) is 13.2. The molecule has 8 bridgehead atoms. The topological polar surface area (TPSA) is 49.1 Å². The molecule has 0 amide bonds. The lowest BCUT2D eigenvalue weighted by molar-refractivity contribution is 1.03. The molecule has 5 aliphatic rings. The fourth-order valence-electron chi connectivity index (χ4n) is 3.25. The minimum Gasteiger partial charge on any atom is -0.359 e. The van der Waals surface area contributed by atoms with Crippen LogP contribution in [-0.4, -0.2) is 17.1 Å². The minimum atomic E-state index is 0.891. The third-order valence-corrected chi connectivity index (χ3v) is 4.39. The monoisotopic (exact) mass is 312 g/mol. The third-order valence-electron chi connectivity index (χ3n) is 4.39. The summed E-state index contributed by atoms with van der Waals surface area (Å²) < 4.78 is 0. The Bertz CT molecular complexity index is 940. The second-order valence-electron chi connectivity index (χ2n) is 6.28. The molecule has 0 aliphatic carbocycles. The quantitative estimate of drug-likeness (QED) is 0.729. The Kier molecular flexibility index (Phi) is 2.95. The Balaban J connectivity index is 1.60. The van der Waals surface area contributed by atoms with E-state index in [-0.39, 0.29) is 0 Å². The van der Waals surface area contributed by atoms with Gasteiger partial charge < -0.3 is 5.32 Å². The van der Waals surface area contributed by atoms with Crippen LogP contribution in [0.1, 0.15) is 19.3 Å². The molecule has 0 atom stereocenters. The summed E-state index contributed by atoms with van der Waals surface area (Å²) in [6, 6.07) is 0. The molecular formula is C20H16N4. The fraction of sp³-hybridized carbons (Fsp3) is 0.150. The van der Waals surface area contributed by atoms with Crippen LogP contribution in [0.4, 0.5) is 0 Å². The molecule has 0 unspecified atom stereocenters. The van der Waals surface area contributed by atoms with Gasteiger partial charge in [0.25, 0.3) is 0 Å². The summed E-state index contributed by atoms with van der Waals surface area (Å²) in [7, 11) is 0. The van der Waals surface area contributed by atoms with Crippen LogP contribution < -0.4 is 5.32 Å². The molecule has 0 radical (unpaired) electrons. The number of fused-ring (bicyclic) bond motifs is 5. The van der Waals surface area contributed by atoms with Gasteiger partial charge in [-0.15, -0.1) is 0 Å². The van der Waals surface area contributed by atoms with E-state index in [9.17, 15) is 0 Å². The van der Waals surface area contributed by atoms with Crippen molar-refractivity contribution in [2.75, 3.05) is 0 Å². The van der Waals surface area contributed by atoms with Gasteiger partial charge in [-0.25, -0.2) is 9.98 Å². The Labute approximate surface area is 140 Å². The second kappa shape index (κ2) is 5.27. The first-order valence-corrected chi connectivity index (χ1v) is 8.23. The van der Waals surface area contributed by atoms with Crippen molar-refractivity contribution in [2.45, 2.75) is 19.3 Å². The fourth-order valence-corrected chi connectivity index (χ4v) is 3.25. The molecule has 4 heteroatoms. The van der Waals surface area contributed by atoms with Crippen molar-refractivity contribution in [2.24, 2.45) is 15.0 Å². The van der Waals surface area contributed by atoms with E-state index in [1.165, 1.54) is 0 Å². The molecule has 0 spiro atoms. The van der Waals surface area contributed by atoms with Crippen molar-refractivity contribution in [3.8, 4) is 0 Å². The van der Waals surface area contributed by atoms with Crippen molar-refractivity contribution in [3.63, 3.8) is 0 Å². The van der Waals surface area contributed by atoms with E-state index in [2.05, 4.69) is 57.8 Å². The average Bonchev–Trinajstić information content (AvgIpc) is 3.32. The molecule has 5 aliphatic heterocycles. The highest BCUT2D eigenvalue weighted by Crippen LogP contribution is 2.24. The Morgan fingerprint density at radius 1 is 0.750 bits per heavy atom. The van der Waals surface area contributed by atoms with Gasteiger partial charge in [-0.2, -0.15) is 0 Å². The van der Waals surface area contributed by atoms with Crippen LogP contribution in [0.5, 0.6) is 0 Å². The van der Waals surface area contributed by atoms with Crippen LogP contribution in [-0.2, 0) is 0 Å². The van der Waals surface area contributed by atoms with Gasteiger partial charge in [0.15, 0.2) is 0 Å². The predicted octanol–water partition coefficient (Wildman–Crippen LogP) is 3.67. The van der Waals surface area contributed by atoms with E-state index in [4.69, 9.17) is 4.99 Å². The summed E-state index contributed by atoms with van der Waals surface area (Å²) in [5.41, 5.74) is 8.31. The maximum Gasteiger partial charge on any atom is 0.0658 e. The van der Waals surface area contributed by atoms with Crippen molar-refractivity contribution in [1.29, 1.82) is 0 Å². The van der Waals surface area contributed by atoms with Crippen LogP contribution in [0, 0.1) is 0 Å². The summed E-state index contributed by atoms with van der Waals surface area (Å²) in [4.78, 5) is 14.0. The van der Waals surface area contributed by atoms with Gasteiger partial charge in [0.1, 0.15) is 0 Å². The maximum atomic E-state index is 4.72. The highest BCUT2D eigenvalue weighted by Gasteiger charge is 2.15. The first-order valence-electron chi connectivity index (χ1n) is 8.23. The van der Waals surface area contributed by atoms with Crippen molar-refractivity contribution in [1.82, 2.24) is 5.32 Å². The second-order valence-corrected chi connectivity index (χ2v) is 6.28. The average molecular weight is 312 g/mol. The molecular weight excluding hydrogens is 296 g/mol. The molecule has 0 aromatic heterocycles. The van der Waals surface area contributed by atoms with Crippen LogP contribution in [0.2, 0.25) is 0 Å². The summed E-state index contributed by atoms with van der Waals surface area (Å²) >= 11 is 0. The number of nitrogens with one attached hydrogen (secondary N) is 1. The summed E-state index contributed by atoms with van der Waals surface area (Å²) in [5.74, 6) is 0. The van der Waals surface area contributed by atoms with Crippen molar-refractivity contribution < 1.29 is 0 Å². The molecule has 0 saturated carbocycles. The minimum absolute atomic E-state index is 0.891. The lowest BCUT2D eigenvalue weighted by atomic mass is 10.2. The number of nitrogens with zero attached hydrogens (tertiary/aromatic N) is 3. The molecule has 5 rings (SSSR count). The number of hydrogen-bond acceptors (Lipinski definition) is 4. The molecule has 1 N–H and O–H groups in total. The van der Waals surface area contributed by atoms with Gasteiger partial charge in [-0.1, -0.05) is 6.08 Å². The smallest absolute Gasteiger partial charge is 0.0658 e. The SMILES string of the molecule is C1=CC2=NC1=CC1=CCC(=CC3=NC(=CC4=NC(=C2)CC4)C=C3)N1. The molecule has 0 fully saturated rings. The van der Waals surface area contributed by atoms with E-state index >= 15 is 0 Å². The number of allylic oxidation sites excluding steroid dienone is 10. The molecule has 0 saturated heterocycles. The van der Waals surface area contributed by atoms with Crippen LogP contribution in [0.3, 0.4) is 0 Å². The highest BCUT2D eigenvalue weighted by molar-refractivity contribution is 6.09. The van der Waals surface area contributed by atoms with Crippen molar-refractivity contribution >= 4 is 17.1 Å². The van der Waals surface area contributed by atoms with Crippen LogP contribution in [0.25, 0.3) is 0 Å². The summed E-state index contributed by atoms with van der Waals surface area (Å²) in [6.45, 7) is 0. The maximum absolute atomic E-state index is 4.72. The molecule has 5 heterocycles. The van der Waals surface area contributed by atoms with Crippen LogP contribution in [0.15, 0.2) is 98.1 Å². The molecule has 4 nitrogen and oxygen atoms in total. The van der Waals surface area contributed by atoms with Crippen LogP contribution >= 0.6 is 0 Å². The van der Waals surface area contributed by atoms with Gasteiger partial charge in [-0.05, 0) is 61.4 Å². The van der Waals surface area contributed by atoms with Gasteiger partial charge in [0, 0.05) is 29.2 Å². The zero-order valence-corrected chi connectivity index (χ0v) is 13.2. The van der Waals surface area contributed by atoms with Gasteiger partial charge in [-0.3, -0.25) is 4.99 Å². The van der Waals surface area contributed by atoms with E-state index in [1.807, 2.05) is 12.2 Å². The zero-order chi connectivity index (χ0) is 15.9. The lowest BCUT2D eigenvalue weighted by Crippen LogP contribution is -2.06. The Hall–Kier alpha value is -3.01. The molecule has 116 valence electrons. The normalized spacial score (nSPS) is 23.7. The summed E-state index contributed by atoms with van der Waals surface area (Å²) in [5, 5.41) is 3.44. The van der Waals surface area contributed by atoms with E-state index in [1.54, 1.807) is 0 Å². The molecule has 0 aromatic carbocycles. The largest absolute Gasteiger partial charge is 0.359 e. The Morgan fingerprint density at radius 3 is 2.42 bits per heavy atom. The lowest BCUT2D eigenvalue weighted by Gasteiger charge is -2.02. The highest BCUT2D eigenvalue weighted by atomic mass is 14.9. The van der Waals surface area contributed by atoms with Gasteiger partial charge in [0.05, 0.1) is 22.8 Å². The van der Waals surface area contributed by atoms with Gasteiger partial charge in [0.2, 0.25) is 0 Å². The standard InChI is InChI=1S/C20H16N4/c1-2-14-10-16-5-6-18(23-16)12-20-8-7-19(24-20)11-17-4-3-15(22-17)9-13(1)21-14/h1-3,7-12,22H,4-6H2. The van der Waals surface area contributed by atoms with E-state index < -0.39 is 0 Å². The first-order chi connectivity index (χ1) is 11.8. The summed E-state index contributed by atoms with van der Waals surface area (Å²) in [6.07, 6.45) is 21.5. The van der Waals surface area contributed by atoms with Crippen molar-refractivity contribution in [3.05, 3.63) is 83.2 Å².